The molecular weight excluding hydrogens is 300 g/mol. The number of carbonyl (C=O) groups is 2. The van der Waals surface area contributed by atoms with Crippen LogP contribution in [0.25, 0.3) is 0 Å². The number of anilines is 1. The van der Waals surface area contributed by atoms with Crippen molar-refractivity contribution < 1.29 is 9.59 Å². The molecule has 1 fully saturated rings. The van der Waals surface area contributed by atoms with Gasteiger partial charge in [-0.25, -0.2) is 4.98 Å². The fraction of sp³-hybridized carbons (Fsp3) is 0.333. The third-order valence-electron chi connectivity index (χ3n) is 3.31. The summed E-state index contributed by atoms with van der Waals surface area (Å²) in [6.07, 6.45) is 5.51. The predicted molar refractivity (Wildman–Crippen MR) is 83.3 cm³/mol. The molecule has 7 heteroatoms. The average molecular weight is 316 g/mol. The molecule has 2 heterocycles. The number of aromatic nitrogens is 2. The number of carbonyl (C=O) groups excluding carboxylic acids is 2. The molecule has 0 unspecified atom stereocenters. The fourth-order valence-electron chi connectivity index (χ4n) is 1.93. The van der Waals surface area contributed by atoms with E-state index in [0.29, 0.717) is 17.4 Å². The van der Waals surface area contributed by atoms with E-state index in [1.54, 1.807) is 17.8 Å². The Kier molecular flexibility index (Phi) is 4.43. The lowest BCUT2D eigenvalue weighted by molar-refractivity contribution is -0.120. The lowest BCUT2D eigenvalue weighted by atomic mass is 10.2. The molecule has 2 aromatic rings. The number of hydrogen-bond donors (Lipinski definition) is 2. The highest BCUT2D eigenvalue weighted by Gasteiger charge is 2.30. The van der Waals surface area contributed by atoms with Crippen LogP contribution >= 0.6 is 11.3 Å². The average Bonchev–Trinajstić information content (AvgIpc) is 3.29. The standard InChI is InChI=1S/C15H16N4O2S/c20-13(17-8-10-3-5-16-6-4-10)7-12-9-22-15(18-12)19-14(21)11-1-2-11/h3-6,9,11H,1-2,7-8H2,(H,17,20)(H,18,19,21). The topological polar surface area (TPSA) is 84.0 Å². The molecule has 1 saturated carbocycles. The minimum absolute atomic E-state index is 0.0306. The molecule has 0 aliphatic heterocycles. The number of nitrogens with one attached hydrogen (secondary N) is 2. The first-order valence-corrected chi connectivity index (χ1v) is 7.99. The van der Waals surface area contributed by atoms with Gasteiger partial charge in [0, 0.05) is 30.2 Å². The van der Waals surface area contributed by atoms with Gasteiger partial charge in [-0.05, 0) is 30.5 Å². The summed E-state index contributed by atoms with van der Waals surface area (Å²) in [5.41, 5.74) is 1.67. The summed E-state index contributed by atoms with van der Waals surface area (Å²) < 4.78 is 0. The third kappa shape index (κ3) is 4.11. The van der Waals surface area contributed by atoms with Gasteiger partial charge in [-0.3, -0.25) is 14.6 Å². The van der Waals surface area contributed by atoms with Crippen molar-refractivity contribution >= 4 is 28.3 Å². The SMILES string of the molecule is O=C(Cc1csc(NC(=O)C2CC2)n1)NCc1ccncc1. The van der Waals surface area contributed by atoms with Crippen LogP contribution in [0, 0.1) is 5.92 Å². The smallest absolute Gasteiger partial charge is 0.229 e. The first-order valence-electron chi connectivity index (χ1n) is 7.11. The molecule has 0 spiro atoms. The Balaban J connectivity index is 1.47. The van der Waals surface area contributed by atoms with E-state index >= 15 is 0 Å². The van der Waals surface area contributed by atoms with Gasteiger partial charge in [0.05, 0.1) is 12.1 Å². The highest BCUT2D eigenvalue weighted by atomic mass is 32.1. The van der Waals surface area contributed by atoms with Gasteiger partial charge in [-0.15, -0.1) is 11.3 Å². The van der Waals surface area contributed by atoms with Crippen LogP contribution in [0.2, 0.25) is 0 Å². The fourth-order valence-corrected chi connectivity index (χ4v) is 2.64. The zero-order valence-corrected chi connectivity index (χ0v) is 12.7. The van der Waals surface area contributed by atoms with E-state index in [9.17, 15) is 9.59 Å². The van der Waals surface area contributed by atoms with Gasteiger partial charge in [0.1, 0.15) is 0 Å². The first kappa shape index (κ1) is 14.6. The minimum atomic E-state index is -0.0952. The van der Waals surface area contributed by atoms with Gasteiger partial charge in [-0.1, -0.05) is 0 Å². The molecule has 1 aliphatic carbocycles. The summed E-state index contributed by atoms with van der Waals surface area (Å²) in [6, 6.07) is 3.71. The van der Waals surface area contributed by atoms with Crippen LogP contribution < -0.4 is 10.6 Å². The Morgan fingerprint density at radius 1 is 1.27 bits per heavy atom. The summed E-state index contributed by atoms with van der Waals surface area (Å²) in [5, 5.41) is 7.99. The second kappa shape index (κ2) is 6.65. The molecule has 0 saturated heterocycles. The van der Waals surface area contributed by atoms with Crippen molar-refractivity contribution in [1.82, 2.24) is 15.3 Å². The Labute approximate surface area is 132 Å². The Hall–Kier alpha value is -2.28. The van der Waals surface area contributed by atoms with Gasteiger partial charge >= 0.3 is 0 Å². The summed E-state index contributed by atoms with van der Waals surface area (Å²) in [7, 11) is 0. The van der Waals surface area contributed by atoms with Gasteiger partial charge in [0.25, 0.3) is 0 Å². The first-order chi connectivity index (χ1) is 10.7. The molecular formula is C15H16N4O2S. The predicted octanol–water partition coefficient (Wildman–Crippen LogP) is 1.75. The van der Waals surface area contributed by atoms with Crippen molar-refractivity contribution in [3.63, 3.8) is 0 Å². The number of pyridine rings is 1. The maximum atomic E-state index is 11.9. The summed E-state index contributed by atoms with van der Waals surface area (Å²) in [4.78, 5) is 31.7. The summed E-state index contributed by atoms with van der Waals surface area (Å²) in [5.74, 6) is 0.0845. The largest absolute Gasteiger partial charge is 0.352 e. The number of rotatable bonds is 6. The monoisotopic (exact) mass is 316 g/mol. The van der Waals surface area contributed by atoms with Crippen LogP contribution in [-0.4, -0.2) is 21.8 Å². The molecule has 0 bridgehead atoms. The van der Waals surface area contributed by atoms with E-state index in [2.05, 4.69) is 20.6 Å². The van der Waals surface area contributed by atoms with Gasteiger partial charge in [-0.2, -0.15) is 0 Å². The minimum Gasteiger partial charge on any atom is -0.352 e. The lowest BCUT2D eigenvalue weighted by Crippen LogP contribution is -2.24. The highest BCUT2D eigenvalue weighted by Crippen LogP contribution is 2.30. The maximum absolute atomic E-state index is 11.9. The van der Waals surface area contributed by atoms with E-state index in [-0.39, 0.29) is 24.2 Å². The number of hydrogen-bond acceptors (Lipinski definition) is 5. The van der Waals surface area contributed by atoms with Crippen molar-refractivity contribution in [1.29, 1.82) is 0 Å². The van der Waals surface area contributed by atoms with Crippen LogP contribution in [0.1, 0.15) is 24.1 Å². The molecule has 0 atom stereocenters. The molecule has 3 rings (SSSR count). The Morgan fingerprint density at radius 3 is 2.77 bits per heavy atom. The van der Waals surface area contributed by atoms with Crippen molar-refractivity contribution in [3.8, 4) is 0 Å². The van der Waals surface area contributed by atoms with Crippen LogP contribution in [0.3, 0.4) is 0 Å². The zero-order valence-electron chi connectivity index (χ0n) is 11.9. The lowest BCUT2D eigenvalue weighted by Gasteiger charge is -2.03. The molecule has 6 nitrogen and oxygen atoms in total. The van der Waals surface area contributed by atoms with Crippen molar-refractivity contribution in [2.75, 3.05) is 5.32 Å². The van der Waals surface area contributed by atoms with Crippen molar-refractivity contribution in [2.45, 2.75) is 25.8 Å². The summed E-state index contributed by atoms with van der Waals surface area (Å²) in [6.45, 7) is 0.469. The van der Waals surface area contributed by atoms with E-state index in [1.807, 2.05) is 12.1 Å². The molecule has 2 amide bonds. The normalized spacial score (nSPS) is 13.6. The van der Waals surface area contributed by atoms with E-state index in [0.717, 1.165) is 18.4 Å². The maximum Gasteiger partial charge on any atom is 0.229 e. The second-order valence-corrected chi connectivity index (χ2v) is 6.07. The van der Waals surface area contributed by atoms with Crippen LogP contribution in [0.4, 0.5) is 5.13 Å². The molecule has 0 radical (unpaired) electrons. The number of nitrogens with zero attached hydrogens (tertiary/aromatic N) is 2. The molecule has 114 valence electrons. The van der Waals surface area contributed by atoms with E-state index in [1.165, 1.54) is 11.3 Å². The summed E-state index contributed by atoms with van der Waals surface area (Å²) >= 11 is 1.35. The highest BCUT2D eigenvalue weighted by molar-refractivity contribution is 7.13. The van der Waals surface area contributed by atoms with Gasteiger partial charge in [0.15, 0.2) is 5.13 Å². The van der Waals surface area contributed by atoms with Gasteiger partial charge in [0.2, 0.25) is 11.8 Å². The van der Waals surface area contributed by atoms with E-state index < -0.39 is 0 Å². The Bertz CT molecular complexity index is 667. The second-order valence-electron chi connectivity index (χ2n) is 5.22. The van der Waals surface area contributed by atoms with Gasteiger partial charge < -0.3 is 10.6 Å². The molecule has 22 heavy (non-hydrogen) atoms. The third-order valence-corrected chi connectivity index (χ3v) is 4.12. The quantitative estimate of drug-likeness (QED) is 0.850. The zero-order chi connectivity index (χ0) is 15.4. The van der Waals surface area contributed by atoms with Crippen molar-refractivity contribution in [3.05, 3.63) is 41.2 Å². The number of amides is 2. The molecule has 1 aliphatic rings. The number of thiazole rings is 1. The van der Waals surface area contributed by atoms with Crippen LogP contribution in [0.5, 0.6) is 0 Å². The van der Waals surface area contributed by atoms with Crippen LogP contribution in [-0.2, 0) is 22.6 Å². The van der Waals surface area contributed by atoms with Crippen molar-refractivity contribution in [2.24, 2.45) is 5.92 Å². The van der Waals surface area contributed by atoms with Crippen LogP contribution in [0.15, 0.2) is 29.9 Å². The molecule has 2 N–H and O–H groups in total. The molecule has 0 aromatic carbocycles. The molecule has 2 aromatic heterocycles. The van der Waals surface area contributed by atoms with E-state index in [4.69, 9.17) is 0 Å². The Morgan fingerprint density at radius 2 is 2.05 bits per heavy atom.